The molecule has 1 aromatic heterocycles. The van der Waals surface area contributed by atoms with Crippen molar-refractivity contribution in [3.8, 4) is 17.1 Å². The van der Waals surface area contributed by atoms with E-state index in [-0.39, 0.29) is 12.4 Å². The highest BCUT2D eigenvalue weighted by molar-refractivity contribution is 7.06. The van der Waals surface area contributed by atoms with Crippen molar-refractivity contribution >= 4 is 16.7 Å². The average Bonchev–Trinajstić information content (AvgIpc) is 3.13. The highest BCUT2D eigenvalue weighted by atomic mass is 35.5. The van der Waals surface area contributed by atoms with Crippen LogP contribution in [0.5, 0.6) is 0 Å². The number of hydrogen-bond acceptors (Lipinski definition) is 3. The predicted octanol–water partition coefficient (Wildman–Crippen LogP) is 1.70. The van der Waals surface area contributed by atoms with Gasteiger partial charge >= 0.3 is 11.0 Å². The van der Waals surface area contributed by atoms with Gasteiger partial charge in [0.15, 0.2) is 0 Å². The Morgan fingerprint density at radius 2 is 1.35 bits per heavy atom. The molecule has 0 aliphatic carbocycles. The summed E-state index contributed by atoms with van der Waals surface area (Å²) in [5.74, 6) is 0.951. The number of benzene rings is 3. The van der Waals surface area contributed by atoms with Crippen LogP contribution < -0.4 is 21.7 Å². The van der Waals surface area contributed by atoms with E-state index in [2.05, 4.69) is 57.8 Å². The second-order valence-electron chi connectivity index (χ2n) is 5.67. The maximum absolute atomic E-state index is 4.84. The molecule has 5 heteroatoms. The van der Waals surface area contributed by atoms with E-state index >= 15 is 0 Å². The van der Waals surface area contributed by atoms with Crippen molar-refractivity contribution in [3.63, 3.8) is 0 Å². The number of nitrogens with zero attached hydrogens (tertiary/aromatic N) is 2. The topological polar surface area (TPSA) is 28.8 Å². The highest BCUT2D eigenvalue weighted by Gasteiger charge is 2.23. The summed E-state index contributed by atoms with van der Waals surface area (Å²) >= 11 is 1.62. The lowest BCUT2D eigenvalue weighted by Gasteiger charge is -1.98. The molecular formula is C21H18ClN3S. The van der Waals surface area contributed by atoms with Crippen LogP contribution >= 0.6 is 11.5 Å². The Balaban J connectivity index is 0.00000196. The maximum Gasteiger partial charge on any atom is 0.350 e. The summed E-state index contributed by atoms with van der Waals surface area (Å²) in [5.41, 5.74) is 3.47. The standard InChI is InChI=1S/C21H17N3S.ClH/c1-4-10-17(11-5-1)16-22-21-23-20(18-12-6-2-7-13-18)24(25-21)19-14-8-3-9-15-19;/h1-15H,16H2;1H. The summed E-state index contributed by atoms with van der Waals surface area (Å²) in [6.45, 7) is 0.761. The molecule has 0 fully saturated rings. The van der Waals surface area contributed by atoms with Crippen LogP contribution in [0.4, 0.5) is 5.13 Å². The van der Waals surface area contributed by atoms with Crippen molar-refractivity contribution in [2.75, 3.05) is 5.32 Å². The number of nitrogens with one attached hydrogen (secondary N) is 1. The second-order valence-corrected chi connectivity index (χ2v) is 6.60. The lowest BCUT2D eigenvalue weighted by molar-refractivity contribution is -0.509. The first-order chi connectivity index (χ1) is 12.4. The molecule has 0 radical (unpaired) electrons. The van der Waals surface area contributed by atoms with Crippen LogP contribution in [-0.4, -0.2) is 4.98 Å². The van der Waals surface area contributed by atoms with E-state index in [1.807, 2.05) is 42.5 Å². The number of anilines is 1. The molecule has 0 bridgehead atoms. The summed E-state index contributed by atoms with van der Waals surface area (Å²) in [6.07, 6.45) is 0. The molecule has 130 valence electrons. The molecule has 0 aliphatic rings. The Hall–Kier alpha value is -2.69. The minimum absolute atomic E-state index is 0. The molecule has 0 saturated carbocycles. The minimum atomic E-state index is 0. The smallest absolute Gasteiger partial charge is 0.350 e. The zero-order chi connectivity index (χ0) is 16.9. The third-order valence-electron chi connectivity index (χ3n) is 3.89. The number of halogens is 1. The molecule has 3 nitrogen and oxygen atoms in total. The van der Waals surface area contributed by atoms with Crippen LogP contribution in [0.3, 0.4) is 0 Å². The molecular weight excluding hydrogens is 362 g/mol. The molecule has 3 aromatic carbocycles. The highest BCUT2D eigenvalue weighted by Crippen LogP contribution is 2.22. The van der Waals surface area contributed by atoms with Crippen LogP contribution in [0.15, 0.2) is 91.0 Å². The van der Waals surface area contributed by atoms with Crippen LogP contribution in [0.2, 0.25) is 0 Å². The Bertz CT molecular complexity index is 884. The zero-order valence-electron chi connectivity index (χ0n) is 14.0. The minimum Gasteiger partial charge on any atom is -1.00 e. The van der Waals surface area contributed by atoms with E-state index in [1.54, 1.807) is 11.5 Å². The Labute approximate surface area is 163 Å². The molecule has 1 heterocycles. The van der Waals surface area contributed by atoms with E-state index in [9.17, 15) is 0 Å². The summed E-state index contributed by atoms with van der Waals surface area (Å²) in [5, 5.41) is 4.36. The van der Waals surface area contributed by atoms with Gasteiger partial charge in [0.2, 0.25) is 0 Å². The first-order valence-corrected chi connectivity index (χ1v) is 8.99. The number of aromatic nitrogens is 2. The third-order valence-corrected chi connectivity index (χ3v) is 4.86. The Morgan fingerprint density at radius 1 is 0.769 bits per heavy atom. The average molecular weight is 380 g/mol. The van der Waals surface area contributed by atoms with Crippen LogP contribution in [-0.2, 0) is 6.54 Å². The largest absolute Gasteiger partial charge is 1.00 e. The second kappa shape index (κ2) is 8.61. The molecule has 0 spiro atoms. The van der Waals surface area contributed by atoms with Gasteiger partial charge in [-0.3, -0.25) is 0 Å². The van der Waals surface area contributed by atoms with E-state index in [4.69, 9.17) is 4.98 Å². The first kappa shape index (κ1) is 18.1. The molecule has 0 atom stereocenters. The molecule has 0 aliphatic heterocycles. The fourth-order valence-corrected chi connectivity index (χ4v) is 3.54. The molecule has 1 N–H and O–H groups in total. The molecule has 0 amide bonds. The van der Waals surface area contributed by atoms with E-state index in [0.29, 0.717) is 0 Å². The molecule has 4 rings (SSSR count). The van der Waals surface area contributed by atoms with Gasteiger partial charge < -0.3 is 17.7 Å². The molecule has 26 heavy (non-hydrogen) atoms. The molecule has 0 saturated heterocycles. The number of para-hydroxylation sites is 1. The van der Waals surface area contributed by atoms with Crippen molar-refractivity contribution in [1.82, 2.24) is 4.98 Å². The van der Waals surface area contributed by atoms with Crippen molar-refractivity contribution in [2.24, 2.45) is 0 Å². The van der Waals surface area contributed by atoms with Crippen LogP contribution in [0, 0.1) is 0 Å². The van der Waals surface area contributed by atoms with Gasteiger partial charge in [0.25, 0.3) is 0 Å². The summed E-state index contributed by atoms with van der Waals surface area (Å²) in [4.78, 5) is 4.84. The van der Waals surface area contributed by atoms with Gasteiger partial charge in [-0.05, 0) is 34.8 Å². The fourth-order valence-electron chi connectivity index (χ4n) is 2.64. The van der Waals surface area contributed by atoms with Gasteiger partial charge in [0.1, 0.15) is 17.2 Å². The third kappa shape index (κ3) is 4.10. The van der Waals surface area contributed by atoms with E-state index < -0.39 is 0 Å². The van der Waals surface area contributed by atoms with E-state index in [0.717, 1.165) is 28.8 Å². The molecule has 4 aromatic rings. The maximum atomic E-state index is 4.84. The lowest BCUT2D eigenvalue weighted by Crippen LogP contribution is -3.00. The quantitative estimate of drug-likeness (QED) is 0.535. The number of hydrogen-bond donors (Lipinski definition) is 1. The Morgan fingerprint density at radius 3 is 2.00 bits per heavy atom. The summed E-state index contributed by atoms with van der Waals surface area (Å²) < 4.78 is 2.17. The van der Waals surface area contributed by atoms with Gasteiger partial charge in [0, 0.05) is 6.54 Å². The lowest BCUT2D eigenvalue weighted by atomic mass is 10.2. The van der Waals surface area contributed by atoms with Crippen molar-refractivity contribution in [2.45, 2.75) is 6.54 Å². The van der Waals surface area contributed by atoms with Gasteiger partial charge in [-0.2, -0.15) is 0 Å². The summed E-state index contributed by atoms with van der Waals surface area (Å²) in [7, 11) is 0. The van der Waals surface area contributed by atoms with Gasteiger partial charge in [0.05, 0.1) is 5.56 Å². The Kier molecular flexibility index (Phi) is 6.00. The normalized spacial score (nSPS) is 10.2. The van der Waals surface area contributed by atoms with Crippen LogP contribution in [0.25, 0.3) is 17.1 Å². The molecule has 0 unspecified atom stereocenters. The van der Waals surface area contributed by atoms with Crippen LogP contribution in [0.1, 0.15) is 5.56 Å². The zero-order valence-corrected chi connectivity index (χ0v) is 15.6. The fraction of sp³-hybridized carbons (Fsp3) is 0.0476. The van der Waals surface area contributed by atoms with Gasteiger partial charge in [-0.15, -0.1) is 3.96 Å². The summed E-state index contributed by atoms with van der Waals surface area (Å²) in [6, 6.07) is 31.0. The van der Waals surface area contributed by atoms with E-state index in [1.165, 1.54) is 5.56 Å². The SMILES string of the molecule is [Cl-].c1ccc(CNc2nc(-c3ccccc3)[n+](-c3ccccc3)s2)cc1. The predicted molar refractivity (Wildman–Crippen MR) is 103 cm³/mol. The van der Waals surface area contributed by atoms with Gasteiger partial charge in [-0.25, -0.2) is 0 Å². The van der Waals surface area contributed by atoms with Crippen molar-refractivity contribution in [3.05, 3.63) is 96.6 Å². The van der Waals surface area contributed by atoms with Gasteiger partial charge in [-0.1, -0.05) is 66.7 Å². The monoisotopic (exact) mass is 379 g/mol. The number of rotatable bonds is 5. The van der Waals surface area contributed by atoms with Crippen molar-refractivity contribution < 1.29 is 16.4 Å². The van der Waals surface area contributed by atoms with Crippen molar-refractivity contribution in [1.29, 1.82) is 0 Å². The first-order valence-electron chi connectivity index (χ1n) is 8.22.